The van der Waals surface area contributed by atoms with Gasteiger partial charge in [0.1, 0.15) is 0 Å². The van der Waals surface area contributed by atoms with Gasteiger partial charge >= 0.3 is 0 Å². The molecule has 0 bridgehead atoms. The number of ether oxygens (including phenoxy) is 2. The first kappa shape index (κ1) is 11.8. The number of aliphatic hydroxyl groups is 1. The van der Waals surface area contributed by atoms with Crippen LogP contribution in [0.15, 0.2) is 18.2 Å². The third-order valence-electron chi connectivity index (χ3n) is 2.31. The molecule has 2 atom stereocenters. The van der Waals surface area contributed by atoms with Crippen LogP contribution in [-0.4, -0.2) is 25.4 Å². The normalized spacial score (nSPS) is 14.5. The summed E-state index contributed by atoms with van der Waals surface area (Å²) in [6.45, 7) is 1.65. The maximum Gasteiger partial charge on any atom is 0.161 e. The standard InChI is InChI=1S/C11H17NO3/c1-7(13)11(12)8-4-5-9(14-2)10(6-8)15-3/h4-7,11,13H,12H2,1-3H3/t7-,11+/m1/s1. The predicted octanol–water partition coefficient (Wildman–Crippen LogP) is 1.08. The molecule has 0 amide bonds. The highest BCUT2D eigenvalue weighted by Crippen LogP contribution is 2.30. The molecule has 1 rings (SSSR count). The molecule has 0 saturated carbocycles. The molecule has 0 fully saturated rings. The van der Waals surface area contributed by atoms with E-state index in [4.69, 9.17) is 15.2 Å². The van der Waals surface area contributed by atoms with Crippen molar-refractivity contribution in [3.8, 4) is 11.5 Å². The van der Waals surface area contributed by atoms with E-state index in [-0.39, 0.29) is 0 Å². The summed E-state index contributed by atoms with van der Waals surface area (Å²) in [7, 11) is 3.14. The van der Waals surface area contributed by atoms with Crippen molar-refractivity contribution in [2.24, 2.45) is 5.73 Å². The fraction of sp³-hybridized carbons (Fsp3) is 0.455. The summed E-state index contributed by atoms with van der Waals surface area (Å²) in [6, 6.07) is 4.95. The molecular weight excluding hydrogens is 194 g/mol. The van der Waals surface area contributed by atoms with Gasteiger partial charge in [0.25, 0.3) is 0 Å². The van der Waals surface area contributed by atoms with Gasteiger partial charge < -0.3 is 20.3 Å². The minimum absolute atomic E-state index is 0.412. The Labute approximate surface area is 89.6 Å². The second-order valence-electron chi connectivity index (χ2n) is 3.38. The van der Waals surface area contributed by atoms with Crippen LogP contribution in [0.5, 0.6) is 11.5 Å². The fourth-order valence-corrected chi connectivity index (χ4v) is 1.34. The van der Waals surface area contributed by atoms with Gasteiger partial charge in [-0.05, 0) is 24.6 Å². The number of rotatable bonds is 4. The largest absolute Gasteiger partial charge is 0.493 e. The van der Waals surface area contributed by atoms with Crippen molar-refractivity contribution < 1.29 is 14.6 Å². The van der Waals surface area contributed by atoms with Gasteiger partial charge in [-0.3, -0.25) is 0 Å². The molecule has 84 valence electrons. The van der Waals surface area contributed by atoms with E-state index in [9.17, 15) is 5.11 Å². The smallest absolute Gasteiger partial charge is 0.161 e. The van der Waals surface area contributed by atoms with Crippen molar-refractivity contribution in [3.05, 3.63) is 23.8 Å². The molecule has 0 unspecified atom stereocenters. The Kier molecular flexibility index (Phi) is 3.94. The molecule has 0 aliphatic carbocycles. The molecule has 15 heavy (non-hydrogen) atoms. The van der Waals surface area contributed by atoms with Crippen LogP contribution in [0.3, 0.4) is 0 Å². The number of benzene rings is 1. The van der Waals surface area contributed by atoms with E-state index in [0.29, 0.717) is 11.5 Å². The van der Waals surface area contributed by atoms with Crippen LogP contribution in [0.2, 0.25) is 0 Å². The van der Waals surface area contributed by atoms with Crippen molar-refractivity contribution in [2.45, 2.75) is 19.1 Å². The Hall–Kier alpha value is -1.26. The molecular formula is C11H17NO3. The zero-order valence-corrected chi connectivity index (χ0v) is 9.23. The van der Waals surface area contributed by atoms with E-state index in [1.54, 1.807) is 33.3 Å². The molecule has 1 aromatic carbocycles. The van der Waals surface area contributed by atoms with E-state index in [1.807, 2.05) is 6.07 Å². The lowest BCUT2D eigenvalue weighted by Crippen LogP contribution is -2.23. The Morgan fingerprint density at radius 1 is 1.20 bits per heavy atom. The van der Waals surface area contributed by atoms with Crippen molar-refractivity contribution in [2.75, 3.05) is 14.2 Å². The quantitative estimate of drug-likeness (QED) is 0.782. The monoisotopic (exact) mass is 211 g/mol. The molecule has 0 aromatic heterocycles. The summed E-state index contributed by atoms with van der Waals surface area (Å²) in [6.07, 6.45) is -0.594. The van der Waals surface area contributed by atoms with Crippen molar-refractivity contribution >= 4 is 0 Å². The van der Waals surface area contributed by atoms with Gasteiger partial charge in [0.05, 0.1) is 26.4 Å². The third kappa shape index (κ3) is 2.61. The molecule has 1 aromatic rings. The van der Waals surface area contributed by atoms with E-state index < -0.39 is 12.1 Å². The topological polar surface area (TPSA) is 64.7 Å². The van der Waals surface area contributed by atoms with E-state index in [1.165, 1.54) is 0 Å². The number of methoxy groups -OCH3 is 2. The van der Waals surface area contributed by atoms with Crippen molar-refractivity contribution in [1.82, 2.24) is 0 Å². The highest BCUT2D eigenvalue weighted by atomic mass is 16.5. The molecule has 3 N–H and O–H groups in total. The molecule has 0 aliphatic rings. The minimum Gasteiger partial charge on any atom is -0.493 e. The summed E-state index contributed by atoms with van der Waals surface area (Å²) in [5.41, 5.74) is 6.63. The average molecular weight is 211 g/mol. The molecule has 4 nitrogen and oxygen atoms in total. The first-order valence-corrected chi connectivity index (χ1v) is 4.75. The lowest BCUT2D eigenvalue weighted by molar-refractivity contribution is 0.164. The SMILES string of the molecule is COc1ccc([C@@H](N)[C@@H](C)O)cc1OC. The Bertz CT molecular complexity index is 326. The van der Waals surface area contributed by atoms with Crippen LogP contribution in [0, 0.1) is 0 Å². The van der Waals surface area contributed by atoms with Crippen LogP contribution in [0.4, 0.5) is 0 Å². The number of aliphatic hydroxyl groups excluding tert-OH is 1. The molecule has 0 spiro atoms. The van der Waals surface area contributed by atoms with E-state index in [0.717, 1.165) is 5.56 Å². The van der Waals surface area contributed by atoms with Crippen LogP contribution in [0.25, 0.3) is 0 Å². The lowest BCUT2D eigenvalue weighted by atomic mass is 10.0. The summed E-state index contributed by atoms with van der Waals surface area (Å²) >= 11 is 0. The van der Waals surface area contributed by atoms with Gasteiger partial charge in [-0.2, -0.15) is 0 Å². The lowest BCUT2D eigenvalue weighted by Gasteiger charge is -2.17. The summed E-state index contributed by atoms with van der Waals surface area (Å²) in [5, 5.41) is 9.37. The number of hydrogen-bond acceptors (Lipinski definition) is 4. The molecule has 0 saturated heterocycles. The number of nitrogens with two attached hydrogens (primary N) is 1. The highest BCUT2D eigenvalue weighted by Gasteiger charge is 2.14. The minimum atomic E-state index is -0.594. The van der Waals surface area contributed by atoms with Crippen molar-refractivity contribution in [3.63, 3.8) is 0 Å². The van der Waals surface area contributed by atoms with E-state index >= 15 is 0 Å². The van der Waals surface area contributed by atoms with Crippen LogP contribution in [0.1, 0.15) is 18.5 Å². The van der Waals surface area contributed by atoms with E-state index in [2.05, 4.69) is 0 Å². The highest BCUT2D eigenvalue weighted by molar-refractivity contribution is 5.43. The molecule has 4 heteroatoms. The Balaban J connectivity index is 3.02. The summed E-state index contributed by atoms with van der Waals surface area (Å²) in [4.78, 5) is 0. The molecule has 0 heterocycles. The second kappa shape index (κ2) is 5.00. The fourth-order valence-electron chi connectivity index (χ4n) is 1.34. The van der Waals surface area contributed by atoms with Crippen LogP contribution < -0.4 is 15.2 Å². The van der Waals surface area contributed by atoms with Gasteiger partial charge in [-0.25, -0.2) is 0 Å². The maximum atomic E-state index is 9.37. The van der Waals surface area contributed by atoms with Gasteiger partial charge in [0, 0.05) is 0 Å². The zero-order valence-electron chi connectivity index (χ0n) is 9.23. The predicted molar refractivity (Wildman–Crippen MR) is 58.2 cm³/mol. The average Bonchev–Trinajstić information content (AvgIpc) is 2.26. The van der Waals surface area contributed by atoms with Crippen LogP contribution in [-0.2, 0) is 0 Å². The van der Waals surface area contributed by atoms with Crippen molar-refractivity contribution in [1.29, 1.82) is 0 Å². The Morgan fingerprint density at radius 3 is 2.27 bits per heavy atom. The third-order valence-corrected chi connectivity index (χ3v) is 2.31. The first-order valence-electron chi connectivity index (χ1n) is 4.75. The number of hydrogen-bond donors (Lipinski definition) is 2. The molecule has 0 aliphatic heterocycles. The van der Waals surface area contributed by atoms with Gasteiger partial charge in [0.15, 0.2) is 11.5 Å². The van der Waals surface area contributed by atoms with Crippen LogP contribution >= 0.6 is 0 Å². The van der Waals surface area contributed by atoms with Gasteiger partial charge in [0.2, 0.25) is 0 Å². The van der Waals surface area contributed by atoms with Gasteiger partial charge in [-0.1, -0.05) is 6.07 Å². The summed E-state index contributed by atoms with van der Waals surface area (Å²) in [5.74, 6) is 1.27. The van der Waals surface area contributed by atoms with Gasteiger partial charge in [-0.15, -0.1) is 0 Å². The Morgan fingerprint density at radius 2 is 1.80 bits per heavy atom. The summed E-state index contributed by atoms with van der Waals surface area (Å²) < 4.78 is 10.2. The maximum absolute atomic E-state index is 9.37. The second-order valence-corrected chi connectivity index (χ2v) is 3.38. The zero-order chi connectivity index (χ0) is 11.4. The molecule has 0 radical (unpaired) electrons. The first-order chi connectivity index (χ1) is 7.10.